The summed E-state index contributed by atoms with van der Waals surface area (Å²) in [5.74, 6) is 0.477. The molecule has 0 radical (unpaired) electrons. The third-order valence-corrected chi connectivity index (χ3v) is 4.04. The first-order valence-electron chi connectivity index (χ1n) is 5.83. The maximum Gasteiger partial charge on any atom is 0.356 e. The van der Waals surface area contributed by atoms with Gasteiger partial charge in [0.1, 0.15) is 11.5 Å². The van der Waals surface area contributed by atoms with E-state index in [0.29, 0.717) is 12.2 Å². The molecule has 0 aliphatic carbocycles. The van der Waals surface area contributed by atoms with Gasteiger partial charge in [-0.3, -0.25) is 0 Å². The van der Waals surface area contributed by atoms with Gasteiger partial charge in [0.15, 0.2) is 0 Å². The first-order chi connectivity index (χ1) is 8.65. The van der Waals surface area contributed by atoms with Crippen molar-refractivity contribution in [2.24, 2.45) is 0 Å². The summed E-state index contributed by atoms with van der Waals surface area (Å²) in [7, 11) is 1.38. The second-order valence-electron chi connectivity index (χ2n) is 3.99. The maximum absolute atomic E-state index is 11.6. The predicted octanol–water partition coefficient (Wildman–Crippen LogP) is 2.65. The highest BCUT2D eigenvalue weighted by atomic mass is 32.1. The summed E-state index contributed by atoms with van der Waals surface area (Å²) in [6.45, 7) is 4.69. The number of carbonyl (C=O) groups excluding carboxylic acids is 1. The molecule has 2 aromatic rings. The van der Waals surface area contributed by atoms with E-state index in [4.69, 9.17) is 4.74 Å². The van der Waals surface area contributed by atoms with Crippen LogP contribution in [0.2, 0.25) is 0 Å². The van der Waals surface area contributed by atoms with E-state index in [1.807, 2.05) is 11.5 Å². The van der Waals surface area contributed by atoms with Gasteiger partial charge >= 0.3 is 5.97 Å². The first kappa shape index (κ1) is 12.8. The standard InChI is InChI=1S/C13H16N2O2S/c1-4-10-5-6-11(18-10)8-15-9(2)14-7-12(15)13(16)17-3/h5-7H,4,8H2,1-3H3. The first-order valence-corrected chi connectivity index (χ1v) is 6.65. The second-order valence-corrected chi connectivity index (χ2v) is 5.24. The molecule has 0 atom stereocenters. The summed E-state index contributed by atoms with van der Waals surface area (Å²) in [5, 5.41) is 0. The summed E-state index contributed by atoms with van der Waals surface area (Å²) in [6.07, 6.45) is 2.60. The molecule has 2 rings (SSSR count). The zero-order valence-corrected chi connectivity index (χ0v) is 11.6. The average molecular weight is 264 g/mol. The van der Waals surface area contributed by atoms with E-state index >= 15 is 0 Å². The number of thiophene rings is 1. The van der Waals surface area contributed by atoms with Crippen LogP contribution in [0.15, 0.2) is 18.3 Å². The molecule has 0 spiro atoms. The lowest BCUT2D eigenvalue weighted by molar-refractivity contribution is 0.0588. The van der Waals surface area contributed by atoms with Crippen molar-refractivity contribution in [2.45, 2.75) is 26.8 Å². The maximum atomic E-state index is 11.6. The van der Waals surface area contributed by atoms with Gasteiger partial charge in [-0.25, -0.2) is 9.78 Å². The Morgan fingerprint density at radius 3 is 2.78 bits per heavy atom. The summed E-state index contributed by atoms with van der Waals surface area (Å²) >= 11 is 1.77. The Morgan fingerprint density at radius 2 is 2.17 bits per heavy atom. The van der Waals surface area contributed by atoms with Crippen LogP contribution in [-0.4, -0.2) is 22.6 Å². The minimum Gasteiger partial charge on any atom is -0.464 e. The van der Waals surface area contributed by atoms with Crippen LogP contribution < -0.4 is 0 Å². The number of imidazole rings is 1. The van der Waals surface area contributed by atoms with E-state index in [0.717, 1.165) is 12.2 Å². The summed E-state index contributed by atoms with van der Waals surface area (Å²) in [6, 6.07) is 4.23. The van der Waals surface area contributed by atoms with Crippen molar-refractivity contribution in [3.8, 4) is 0 Å². The molecule has 0 aliphatic rings. The number of nitrogens with zero attached hydrogens (tertiary/aromatic N) is 2. The summed E-state index contributed by atoms with van der Waals surface area (Å²) in [5.41, 5.74) is 0.501. The SMILES string of the molecule is CCc1ccc(Cn2c(C(=O)OC)cnc2C)s1. The van der Waals surface area contributed by atoms with E-state index in [1.54, 1.807) is 17.5 Å². The van der Waals surface area contributed by atoms with E-state index < -0.39 is 0 Å². The van der Waals surface area contributed by atoms with Gasteiger partial charge < -0.3 is 9.30 Å². The Morgan fingerprint density at radius 1 is 1.44 bits per heavy atom. The fourth-order valence-corrected chi connectivity index (χ4v) is 2.74. The number of methoxy groups -OCH3 is 1. The smallest absolute Gasteiger partial charge is 0.356 e. The molecule has 0 N–H and O–H groups in total. The van der Waals surface area contributed by atoms with Gasteiger partial charge in [-0.05, 0) is 25.5 Å². The number of rotatable bonds is 4. The van der Waals surface area contributed by atoms with Gasteiger partial charge in [0.2, 0.25) is 0 Å². The molecular weight excluding hydrogens is 248 g/mol. The number of carbonyl (C=O) groups is 1. The van der Waals surface area contributed by atoms with Crippen molar-refractivity contribution >= 4 is 17.3 Å². The van der Waals surface area contributed by atoms with Crippen molar-refractivity contribution in [3.63, 3.8) is 0 Å². The lowest BCUT2D eigenvalue weighted by Crippen LogP contribution is -2.12. The molecule has 18 heavy (non-hydrogen) atoms. The number of aromatic nitrogens is 2. The van der Waals surface area contributed by atoms with Crippen molar-refractivity contribution in [2.75, 3.05) is 7.11 Å². The van der Waals surface area contributed by atoms with Gasteiger partial charge in [0, 0.05) is 9.75 Å². The van der Waals surface area contributed by atoms with Gasteiger partial charge in [0.05, 0.1) is 19.9 Å². The molecule has 0 unspecified atom stereocenters. The van der Waals surface area contributed by atoms with Crippen molar-refractivity contribution in [3.05, 3.63) is 39.6 Å². The highest BCUT2D eigenvalue weighted by Gasteiger charge is 2.15. The van der Waals surface area contributed by atoms with Crippen LogP contribution in [0.5, 0.6) is 0 Å². The lowest BCUT2D eigenvalue weighted by Gasteiger charge is -2.07. The molecule has 0 saturated carbocycles. The van der Waals surface area contributed by atoms with Crippen LogP contribution in [-0.2, 0) is 17.7 Å². The molecule has 96 valence electrons. The van der Waals surface area contributed by atoms with Gasteiger partial charge in [0.25, 0.3) is 0 Å². The van der Waals surface area contributed by atoms with Crippen LogP contribution in [0.4, 0.5) is 0 Å². The molecule has 5 heteroatoms. The van der Waals surface area contributed by atoms with Gasteiger partial charge in [-0.2, -0.15) is 0 Å². The zero-order chi connectivity index (χ0) is 13.1. The third kappa shape index (κ3) is 2.46. The molecule has 4 nitrogen and oxygen atoms in total. The Balaban J connectivity index is 2.27. The Labute approximate surface area is 110 Å². The second kappa shape index (κ2) is 5.35. The van der Waals surface area contributed by atoms with Crippen molar-refractivity contribution in [1.29, 1.82) is 0 Å². The summed E-state index contributed by atoms with van der Waals surface area (Å²) < 4.78 is 6.64. The number of aryl methyl sites for hydroxylation is 2. The quantitative estimate of drug-likeness (QED) is 0.797. The lowest BCUT2D eigenvalue weighted by atomic mass is 10.3. The van der Waals surface area contributed by atoms with Gasteiger partial charge in [-0.1, -0.05) is 6.92 Å². The van der Waals surface area contributed by atoms with Crippen LogP contribution >= 0.6 is 11.3 Å². The highest BCUT2D eigenvalue weighted by Crippen LogP contribution is 2.19. The zero-order valence-electron chi connectivity index (χ0n) is 10.8. The van der Waals surface area contributed by atoms with Crippen LogP contribution in [0.1, 0.15) is 33.0 Å². The van der Waals surface area contributed by atoms with Crippen LogP contribution in [0.25, 0.3) is 0 Å². The van der Waals surface area contributed by atoms with Crippen molar-refractivity contribution < 1.29 is 9.53 Å². The molecular formula is C13H16N2O2S. The highest BCUT2D eigenvalue weighted by molar-refractivity contribution is 7.11. The van der Waals surface area contributed by atoms with E-state index in [2.05, 4.69) is 24.0 Å². The van der Waals surface area contributed by atoms with Crippen LogP contribution in [0.3, 0.4) is 0 Å². The number of ether oxygens (including phenoxy) is 1. The number of hydrogen-bond acceptors (Lipinski definition) is 4. The van der Waals surface area contributed by atoms with E-state index in [-0.39, 0.29) is 5.97 Å². The van der Waals surface area contributed by atoms with E-state index in [1.165, 1.54) is 16.9 Å². The monoisotopic (exact) mass is 264 g/mol. The molecule has 0 amide bonds. The Bertz CT molecular complexity index is 557. The fourth-order valence-electron chi connectivity index (χ4n) is 1.79. The molecule has 2 aromatic heterocycles. The predicted molar refractivity (Wildman–Crippen MR) is 71.1 cm³/mol. The average Bonchev–Trinajstić information content (AvgIpc) is 2.97. The topological polar surface area (TPSA) is 44.1 Å². The minimum atomic E-state index is -0.345. The molecule has 2 heterocycles. The minimum absolute atomic E-state index is 0.345. The Hall–Kier alpha value is -1.62. The Kier molecular flexibility index (Phi) is 3.81. The molecule has 0 saturated heterocycles. The molecule has 0 fully saturated rings. The molecule has 0 aliphatic heterocycles. The summed E-state index contributed by atoms with van der Waals surface area (Å²) in [4.78, 5) is 18.4. The third-order valence-electron chi connectivity index (χ3n) is 2.83. The van der Waals surface area contributed by atoms with Crippen molar-refractivity contribution in [1.82, 2.24) is 9.55 Å². The van der Waals surface area contributed by atoms with Crippen LogP contribution in [0, 0.1) is 6.92 Å². The molecule has 0 aromatic carbocycles. The number of hydrogen-bond donors (Lipinski definition) is 0. The van der Waals surface area contributed by atoms with Gasteiger partial charge in [-0.15, -0.1) is 11.3 Å². The molecule has 0 bridgehead atoms. The fraction of sp³-hybridized carbons (Fsp3) is 0.385. The number of esters is 1. The largest absolute Gasteiger partial charge is 0.464 e. The van der Waals surface area contributed by atoms with E-state index in [9.17, 15) is 4.79 Å². The normalized spacial score (nSPS) is 10.6.